The van der Waals surface area contributed by atoms with E-state index in [4.69, 9.17) is 28.3 Å². The van der Waals surface area contributed by atoms with E-state index >= 15 is 0 Å². The number of sulfonamides is 1. The summed E-state index contributed by atoms with van der Waals surface area (Å²) >= 11 is 11.6. The van der Waals surface area contributed by atoms with E-state index in [1.807, 2.05) is 0 Å². The Bertz CT molecular complexity index is 623. The monoisotopic (exact) mass is 339 g/mol. The largest absolute Gasteiger partial charge is 0.480 e. The van der Waals surface area contributed by atoms with Gasteiger partial charge in [-0.05, 0) is 23.6 Å². The maximum atomic E-state index is 12.2. The Balaban J connectivity index is 3.24. The summed E-state index contributed by atoms with van der Waals surface area (Å²) in [6, 6.07) is 2.67. The third-order valence-corrected chi connectivity index (χ3v) is 4.71. The van der Waals surface area contributed by atoms with E-state index in [0.717, 1.165) is 0 Å². The van der Waals surface area contributed by atoms with Crippen LogP contribution in [-0.2, 0) is 14.8 Å². The normalized spacial score (nSPS) is 14.1. The van der Waals surface area contributed by atoms with Gasteiger partial charge in [-0.25, -0.2) is 8.42 Å². The van der Waals surface area contributed by atoms with Crippen LogP contribution in [0.4, 0.5) is 0 Å². The van der Waals surface area contributed by atoms with Crippen LogP contribution in [0.3, 0.4) is 0 Å². The van der Waals surface area contributed by atoms with Gasteiger partial charge >= 0.3 is 5.97 Å². The zero-order valence-electron chi connectivity index (χ0n) is 11.1. The Hall–Kier alpha value is -0.820. The molecule has 0 aromatic heterocycles. The summed E-state index contributed by atoms with van der Waals surface area (Å²) in [6.45, 7) is 4.86. The summed E-state index contributed by atoms with van der Waals surface area (Å²) in [5.74, 6) is -1.26. The third-order valence-electron chi connectivity index (χ3n) is 2.57. The fourth-order valence-electron chi connectivity index (χ4n) is 1.50. The summed E-state index contributed by atoms with van der Waals surface area (Å²) in [7, 11) is -4.09. The molecule has 0 amide bonds. The second kappa shape index (κ2) is 5.89. The van der Waals surface area contributed by atoms with Crippen LogP contribution in [-0.4, -0.2) is 25.5 Å². The van der Waals surface area contributed by atoms with Crippen molar-refractivity contribution in [1.29, 1.82) is 0 Å². The van der Waals surface area contributed by atoms with Crippen molar-refractivity contribution in [3.05, 3.63) is 28.2 Å². The molecule has 1 aromatic rings. The molecular weight excluding hydrogens is 325 g/mol. The van der Waals surface area contributed by atoms with Crippen molar-refractivity contribution in [2.24, 2.45) is 5.41 Å². The second-order valence-electron chi connectivity index (χ2n) is 5.33. The minimum atomic E-state index is -4.09. The number of carboxylic acids is 1. The second-order valence-corrected chi connectivity index (χ2v) is 7.86. The van der Waals surface area contributed by atoms with Gasteiger partial charge in [0.15, 0.2) is 0 Å². The first-order valence-electron chi connectivity index (χ1n) is 5.65. The Labute approximate surface area is 127 Å². The minimum absolute atomic E-state index is 0.0278. The number of carbonyl (C=O) groups is 1. The van der Waals surface area contributed by atoms with E-state index in [0.29, 0.717) is 0 Å². The molecule has 0 fully saturated rings. The molecule has 1 rings (SSSR count). The lowest BCUT2D eigenvalue weighted by molar-refractivity contribution is -0.141. The van der Waals surface area contributed by atoms with Gasteiger partial charge in [-0.2, -0.15) is 4.72 Å². The summed E-state index contributed by atoms with van der Waals surface area (Å²) in [5.41, 5.74) is -0.802. The molecule has 0 saturated carbocycles. The van der Waals surface area contributed by atoms with Crippen molar-refractivity contribution in [3.63, 3.8) is 0 Å². The Morgan fingerprint density at radius 2 is 1.85 bits per heavy atom. The van der Waals surface area contributed by atoms with Crippen molar-refractivity contribution in [3.8, 4) is 0 Å². The average Bonchev–Trinajstić information content (AvgIpc) is 2.27. The highest BCUT2D eigenvalue weighted by Crippen LogP contribution is 2.27. The van der Waals surface area contributed by atoms with Crippen LogP contribution >= 0.6 is 23.2 Å². The number of halogens is 2. The lowest BCUT2D eigenvalue weighted by Crippen LogP contribution is -2.49. The number of rotatable bonds is 4. The Kier molecular flexibility index (Phi) is 5.08. The van der Waals surface area contributed by atoms with Crippen LogP contribution in [0.1, 0.15) is 20.8 Å². The highest BCUT2D eigenvalue weighted by atomic mass is 35.5. The molecule has 0 radical (unpaired) electrons. The van der Waals surface area contributed by atoms with Gasteiger partial charge in [0.25, 0.3) is 0 Å². The molecule has 0 bridgehead atoms. The molecule has 5 nitrogen and oxygen atoms in total. The van der Waals surface area contributed by atoms with Crippen LogP contribution in [0.25, 0.3) is 0 Å². The van der Waals surface area contributed by atoms with Crippen molar-refractivity contribution in [1.82, 2.24) is 4.72 Å². The number of benzene rings is 1. The van der Waals surface area contributed by atoms with Gasteiger partial charge in [0.1, 0.15) is 10.9 Å². The third kappa shape index (κ3) is 4.09. The molecule has 0 saturated heterocycles. The lowest BCUT2D eigenvalue weighted by Gasteiger charge is -2.27. The van der Waals surface area contributed by atoms with Crippen LogP contribution in [0.5, 0.6) is 0 Å². The maximum absolute atomic E-state index is 12.2. The number of aliphatic carboxylic acids is 1. The molecule has 1 aromatic carbocycles. The fraction of sp³-hybridized carbons (Fsp3) is 0.417. The van der Waals surface area contributed by atoms with E-state index in [1.54, 1.807) is 20.8 Å². The zero-order valence-corrected chi connectivity index (χ0v) is 13.5. The highest BCUT2D eigenvalue weighted by molar-refractivity contribution is 7.89. The molecule has 0 spiro atoms. The highest BCUT2D eigenvalue weighted by Gasteiger charge is 2.35. The Morgan fingerprint density at radius 1 is 1.30 bits per heavy atom. The average molecular weight is 340 g/mol. The quantitative estimate of drug-likeness (QED) is 0.883. The first-order chi connectivity index (χ1) is 8.95. The van der Waals surface area contributed by atoms with Crippen molar-refractivity contribution < 1.29 is 18.3 Å². The van der Waals surface area contributed by atoms with Crippen molar-refractivity contribution in [2.45, 2.75) is 31.7 Å². The van der Waals surface area contributed by atoms with E-state index in [1.165, 1.54) is 18.2 Å². The topological polar surface area (TPSA) is 83.5 Å². The van der Waals surface area contributed by atoms with Crippen molar-refractivity contribution >= 4 is 39.2 Å². The standard InChI is InChI=1S/C12H15Cl2NO4S/c1-12(2,3)10(11(16)17)15-20(18,19)9-6-7(13)4-5-8(9)14/h4-6,10,15H,1-3H3,(H,16,17)/t10-/m0/s1. The molecule has 8 heteroatoms. The van der Waals surface area contributed by atoms with Crippen molar-refractivity contribution in [2.75, 3.05) is 0 Å². The zero-order chi connectivity index (χ0) is 15.7. The summed E-state index contributed by atoms with van der Waals surface area (Å²) in [6.07, 6.45) is 0. The summed E-state index contributed by atoms with van der Waals surface area (Å²) < 4.78 is 26.6. The lowest BCUT2D eigenvalue weighted by atomic mass is 9.88. The van der Waals surface area contributed by atoms with Gasteiger partial charge < -0.3 is 5.11 Å². The summed E-state index contributed by atoms with van der Waals surface area (Å²) in [5, 5.41) is 9.32. The molecule has 0 aliphatic heterocycles. The van der Waals surface area contributed by atoms with Gasteiger partial charge in [0.2, 0.25) is 10.0 Å². The molecule has 20 heavy (non-hydrogen) atoms. The predicted octanol–water partition coefficient (Wildman–Crippen LogP) is 2.77. The smallest absolute Gasteiger partial charge is 0.322 e. The number of hydrogen-bond donors (Lipinski definition) is 2. The molecule has 0 aliphatic carbocycles. The van der Waals surface area contributed by atoms with Crippen LogP contribution in [0.2, 0.25) is 10.0 Å². The molecule has 2 N–H and O–H groups in total. The van der Waals surface area contributed by atoms with Gasteiger partial charge in [-0.1, -0.05) is 44.0 Å². The molecule has 0 heterocycles. The molecule has 0 aliphatic rings. The SMILES string of the molecule is CC(C)(C)[C@@H](NS(=O)(=O)c1cc(Cl)ccc1Cl)C(=O)O. The van der Waals surface area contributed by atoms with Gasteiger partial charge in [-0.15, -0.1) is 0 Å². The van der Waals surface area contributed by atoms with Crippen LogP contribution < -0.4 is 4.72 Å². The van der Waals surface area contributed by atoms with Crippen LogP contribution in [0, 0.1) is 5.41 Å². The van der Waals surface area contributed by atoms with Crippen LogP contribution in [0.15, 0.2) is 23.1 Å². The molecule has 0 unspecified atom stereocenters. The van der Waals surface area contributed by atoms with Gasteiger partial charge in [0, 0.05) is 5.02 Å². The summed E-state index contributed by atoms with van der Waals surface area (Å²) in [4.78, 5) is 11.0. The number of hydrogen-bond acceptors (Lipinski definition) is 3. The maximum Gasteiger partial charge on any atom is 0.322 e. The molecule has 112 valence electrons. The Morgan fingerprint density at radius 3 is 2.30 bits per heavy atom. The first kappa shape index (κ1) is 17.2. The molecular formula is C12H15Cl2NO4S. The van der Waals surface area contributed by atoms with Gasteiger partial charge in [0.05, 0.1) is 5.02 Å². The molecule has 1 atom stereocenters. The fourth-order valence-corrected chi connectivity index (χ4v) is 3.66. The van der Waals surface area contributed by atoms with E-state index in [-0.39, 0.29) is 14.9 Å². The number of carboxylic acid groups (broad SMARTS) is 1. The minimum Gasteiger partial charge on any atom is -0.480 e. The number of nitrogens with one attached hydrogen (secondary N) is 1. The van der Waals surface area contributed by atoms with E-state index < -0.39 is 27.4 Å². The van der Waals surface area contributed by atoms with E-state index in [9.17, 15) is 13.2 Å². The van der Waals surface area contributed by atoms with E-state index in [2.05, 4.69) is 4.72 Å². The predicted molar refractivity (Wildman–Crippen MR) is 77.7 cm³/mol. The van der Waals surface area contributed by atoms with Gasteiger partial charge in [-0.3, -0.25) is 4.79 Å². The first-order valence-corrected chi connectivity index (χ1v) is 7.89.